The van der Waals surface area contributed by atoms with Gasteiger partial charge in [-0.15, -0.1) is 0 Å². The molecule has 0 aliphatic heterocycles. The highest BCUT2D eigenvalue weighted by atomic mass is 32.2. The maximum atomic E-state index is 12.9. The SMILES string of the molecule is CCC(C)C(NC(=O)C(N)CCSC)C(=O)NC(CC(=O)O)C(=O)NC(C(=O)O)C(C)C. The number of rotatable bonds is 15. The van der Waals surface area contributed by atoms with E-state index in [2.05, 4.69) is 16.0 Å². The highest BCUT2D eigenvalue weighted by Crippen LogP contribution is 2.11. The second-order valence-corrected chi connectivity index (χ2v) is 8.97. The van der Waals surface area contributed by atoms with Gasteiger partial charge in [0.2, 0.25) is 17.7 Å². The first-order chi connectivity index (χ1) is 14.8. The molecular formula is C20H36N4O7S. The minimum atomic E-state index is -1.52. The van der Waals surface area contributed by atoms with Crippen molar-refractivity contribution >= 4 is 41.4 Å². The summed E-state index contributed by atoms with van der Waals surface area (Å²) in [6.45, 7) is 6.70. The molecule has 11 nitrogen and oxygen atoms in total. The third kappa shape index (κ3) is 10.3. The topological polar surface area (TPSA) is 188 Å². The molecule has 5 unspecified atom stereocenters. The zero-order valence-electron chi connectivity index (χ0n) is 19.2. The zero-order valence-corrected chi connectivity index (χ0v) is 20.0. The number of thioether (sulfide) groups is 1. The van der Waals surface area contributed by atoms with Crippen LogP contribution in [0.3, 0.4) is 0 Å². The zero-order chi connectivity index (χ0) is 25.0. The van der Waals surface area contributed by atoms with Crippen molar-refractivity contribution in [2.24, 2.45) is 17.6 Å². The smallest absolute Gasteiger partial charge is 0.326 e. The van der Waals surface area contributed by atoms with Gasteiger partial charge in [0.1, 0.15) is 18.1 Å². The minimum absolute atomic E-state index is 0.331. The molecule has 32 heavy (non-hydrogen) atoms. The van der Waals surface area contributed by atoms with Gasteiger partial charge in [0.25, 0.3) is 0 Å². The third-order valence-corrected chi connectivity index (χ3v) is 5.65. The summed E-state index contributed by atoms with van der Waals surface area (Å²) in [4.78, 5) is 60.5. The van der Waals surface area contributed by atoms with Crippen LogP contribution in [0.2, 0.25) is 0 Å². The van der Waals surface area contributed by atoms with Gasteiger partial charge in [-0.25, -0.2) is 4.79 Å². The van der Waals surface area contributed by atoms with E-state index in [9.17, 15) is 29.1 Å². The van der Waals surface area contributed by atoms with Gasteiger partial charge in [-0.1, -0.05) is 34.1 Å². The van der Waals surface area contributed by atoms with Crippen molar-refractivity contribution in [2.75, 3.05) is 12.0 Å². The molecule has 12 heteroatoms. The Hall–Kier alpha value is -2.34. The first kappa shape index (κ1) is 29.7. The molecule has 0 heterocycles. The van der Waals surface area contributed by atoms with E-state index in [4.69, 9.17) is 10.8 Å². The van der Waals surface area contributed by atoms with Gasteiger partial charge in [0, 0.05) is 0 Å². The van der Waals surface area contributed by atoms with Gasteiger partial charge >= 0.3 is 11.9 Å². The first-order valence-electron chi connectivity index (χ1n) is 10.5. The number of carboxylic acids is 2. The molecule has 184 valence electrons. The first-order valence-corrected chi connectivity index (χ1v) is 11.8. The summed E-state index contributed by atoms with van der Waals surface area (Å²) in [5, 5.41) is 25.6. The molecule has 0 saturated heterocycles. The molecular weight excluding hydrogens is 440 g/mol. The summed E-state index contributed by atoms with van der Waals surface area (Å²) in [6, 6.07) is -4.64. The van der Waals surface area contributed by atoms with Crippen LogP contribution in [0.15, 0.2) is 0 Å². The van der Waals surface area contributed by atoms with Gasteiger partial charge in [-0.2, -0.15) is 11.8 Å². The van der Waals surface area contributed by atoms with Crippen molar-refractivity contribution in [1.29, 1.82) is 0 Å². The van der Waals surface area contributed by atoms with Gasteiger partial charge < -0.3 is 31.9 Å². The van der Waals surface area contributed by atoms with Crippen LogP contribution in [0.25, 0.3) is 0 Å². The number of nitrogens with one attached hydrogen (secondary N) is 3. The second kappa shape index (κ2) is 14.7. The Labute approximate surface area is 192 Å². The average molecular weight is 477 g/mol. The Balaban J connectivity index is 5.52. The number of amides is 3. The van der Waals surface area contributed by atoms with E-state index in [0.29, 0.717) is 18.6 Å². The van der Waals surface area contributed by atoms with Crippen LogP contribution in [-0.4, -0.2) is 76.0 Å². The van der Waals surface area contributed by atoms with E-state index in [1.807, 2.05) is 13.2 Å². The van der Waals surface area contributed by atoms with Gasteiger partial charge in [-0.3, -0.25) is 19.2 Å². The molecule has 5 atom stereocenters. The molecule has 0 saturated carbocycles. The fourth-order valence-corrected chi connectivity index (χ4v) is 3.24. The van der Waals surface area contributed by atoms with Crippen molar-refractivity contribution in [3.63, 3.8) is 0 Å². The summed E-state index contributed by atoms with van der Waals surface area (Å²) in [5.74, 6) is -4.98. The predicted molar refractivity (Wildman–Crippen MR) is 121 cm³/mol. The molecule has 7 N–H and O–H groups in total. The number of carbonyl (C=O) groups excluding carboxylic acids is 3. The normalized spacial score (nSPS) is 15.7. The molecule has 0 spiro atoms. The largest absolute Gasteiger partial charge is 0.481 e. The Morgan fingerprint density at radius 3 is 1.91 bits per heavy atom. The van der Waals surface area contributed by atoms with Crippen LogP contribution in [0.4, 0.5) is 0 Å². The van der Waals surface area contributed by atoms with Crippen LogP contribution >= 0.6 is 11.8 Å². The van der Waals surface area contributed by atoms with Crippen molar-refractivity contribution in [3.05, 3.63) is 0 Å². The van der Waals surface area contributed by atoms with Crippen molar-refractivity contribution in [1.82, 2.24) is 16.0 Å². The number of carboxylic acid groups (broad SMARTS) is 2. The van der Waals surface area contributed by atoms with Gasteiger partial charge in [0.15, 0.2) is 0 Å². The van der Waals surface area contributed by atoms with E-state index in [1.165, 1.54) is 11.8 Å². The van der Waals surface area contributed by atoms with Crippen molar-refractivity contribution in [2.45, 2.75) is 71.1 Å². The van der Waals surface area contributed by atoms with Gasteiger partial charge in [0.05, 0.1) is 12.5 Å². The highest BCUT2D eigenvalue weighted by Gasteiger charge is 2.34. The summed E-state index contributed by atoms with van der Waals surface area (Å²) in [6.07, 6.45) is 2.05. The lowest BCUT2D eigenvalue weighted by Crippen LogP contribution is -2.59. The monoisotopic (exact) mass is 476 g/mol. The summed E-state index contributed by atoms with van der Waals surface area (Å²) < 4.78 is 0. The van der Waals surface area contributed by atoms with Crippen LogP contribution in [-0.2, 0) is 24.0 Å². The van der Waals surface area contributed by atoms with Crippen molar-refractivity contribution in [3.8, 4) is 0 Å². The Kier molecular flexibility index (Phi) is 13.6. The second-order valence-electron chi connectivity index (χ2n) is 7.99. The molecule has 0 bridgehead atoms. The molecule has 0 aromatic heterocycles. The molecule has 3 amide bonds. The number of carbonyl (C=O) groups is 5. The van der Waals surface area contributed by atoms with E-state index >= 15 is 0 Å². The Morgan fingerprint density at radius 1 is 0.906 bits per heavy atom. The highest BCUT2D eigenvalue weighted by molar-refractivity contribution is 7.98. The Bertz CT molecular complexity index is 674. The fourth-order valence-electron chi connectivity index (χ4n) is 2.75. The lowest BCUT2D eigenvalue weighted by Gasteiger charge is -2.28. The summed E-state index contributed by atoms with van der Waals surface area (Å²) in [5.41, 5.74) is 5.87. The number of aliphatic carboxylic acids is 2. The van der Waals surface area contributed by atoms with Crippen LogP contribution < -0.4 is 21.7 Å². The standard InChI is InChI=1S/C20H36N4O7S/c1-6-11(4)16(24-17(27)12(21)7-8-32-5)19(29)22-13(9-14(25)26)18(28)23-15(10(2)3)20(30)31/h10-13,15-16H,6-9,21H2,1-5H3,(H,22,29)(H,23,28)(H,24,27)(H,25,26)(H,30,31). The molecule has 0 aliphatic rings. The third-order valence-electron chi connectivity index (χ3n) is 5.01. The predicted octanol–water partition coefficient (Wildman–Crippen LogP) is -0.217. The van der Waals surface area contributed by atoms with E-state index in [1.54, 1.807) is 20.8 Å². The number of hydrogen-bond acceptors (Lipinski definition) is 7. The Morgan fingerprint density at radius 2 is 1.47 bits per heavy atom. The van der Waals surface area contributed by atoms with Crippen LogP contribution in [0.5, 0.6) is 0 Å². The number of hydrogen-bond donors (Lipinski definition) is 6. The lowest BCUT2D eigenvalue weighted by atomic mass is 9.97. The minimum Gasteiger partial charge on any atom is -0.481 e. The van der Waals surface area contributed by atoms with Gasteiger partial charge in [-0.05, 0) is 30.3 Å². The van der Waals surface area contributed by atoms with E-state index in [-0.39, 0.29) is 5.92 Å². The van der Waals surface area contributed by atoms with Crippen molar-refractivity contribution < 1.29 is 34.2 Å². The fraction of sp³-hybridized carbons (Fsp3) is 0.750. The van der Waals surface area contributed by atoms with Crippen LogP contribution in [0.1, 0.15) is 47.0 Å². The molecule has 0 rings (SSSR count). The molecule has 0 fully saturated rings. The molecule has 0 radical (unpaired) electrons. The van der Waals surface area contributed by atoms with E-state index in [0.717, 1.165) is 0 Å². The quantitative estimate of drug-likeness (QED) is 0.186. The molecule has 0 aliphatic carbocycles. The summed E-state index contributed by atoms with van der Waals surface area (Å²) >= 11 is 1.53. The molecule has 0 aromatic rings. The average Bonchev–Trinajstić information content (AvgIpc) is 2.71. The molecule has 0 aromatic carbocycles. The number of nitrogens with two attached hydrogens (primary N) is 1. The summed E-state index contributed by atoms with van der Waals surface area (Å²) in [7, 11) is 0. The van der Waals surface area contributed by atoms with Crippen LogP contribution in [0, 0.1) is 11.8 Å². The lowest BCUT2D eigenvalue weighted by molar-refractivity contribution is -0.144. The maximum absolute atomic E-state index is 12.9. The maximum Gasteiger partial charge on any atom is 0.326 e. The van der Waals surface area contributed by atoms with E-state index < -0.39 is 66.2 Å².